The number of thiophene rings is 1. The molecule has 16 heavy (non-hydrogen) atoms. The van der Waals surface area contributed by atoms with E-state index in [0.29, 0.717) is 30.0 Å². The standard InChI is InChI=1S/C9H11BrN2O2S2/c10-8-4-5-9(15-8)16(13,14)12-7-3-1-2-6-11/h4-5,12H,1-3,7H2. The normalized spacial score (nSPS) is 11.2. The highest BCUT2D eigenvalue weighted by atomic mass is 79.9. The van der Waals surface area contributed by atoms with Gasteiger partial charge in [0.2, 0.25) is 10.0 Å². The maximum Gasteiger partial charge on any atom is 0.250 e. The van der Waals surface area contributed by atoms with Crippen LogP contribution in [0.1, 0.15) is 19.3 Å². The maximum absolute atomic E-state index is 11.7. The Bertz CT molecular complexity index is 476. The van der Waals surface area contributed by atoms with Gasteiger partial charge in [0.25, 0.3) is 0 Å². The predicted octanol–water partition coefficient (Wildman–Crippen LogP) is 2.48. The first kappa shape index (κ1) is 13.6. The molecular weight excluding hydrogens is 312 g/mol. The molecule has 0 unspecified atom stereocenters. The van der Waals surface area contributed by atoms with E-state index >= 15 is 0 Å². The van der Waals surface area contributed by atoms with Gasteiger partial charge in [0.1, 0.15) is 4.21 Å². The monoisotopic (exact) mass is 322 g/mol. The summed E-state index contributed by atoms with van der Waals surface area (Å²) < 4.78 is 27.0. The van der Waals surface area contributed by atoms with Crippen molar-refractivity contribution in [2.75, 3.05) is 6.54 Å². The molecule has 0 spiro atoms. The molecule has 0 amide bonds. The van der Waals surface area contributed by atoms with Gasteiger partial charge in [0.15, 0.2) is 0 Å². The third-order valence-corrected chi connectivity index (χ3v) is 5.40. The van der Waals surface area contributed by atoms with Crippen LogP contribution in [0, 0.1) is 11.3 Å². The highest BCUT2D eigenvalue weighted by Gasteiger charge is 2.15. The second kappa shape index (κ2) is 6.35. The summed E-state index contributed by atoms with van der Waals surface area (Å²) in [6, 6.07) is 5.28. The lowest BCUT2D eigenvalue weighted by atomic mass is 10.2. The molecule has 0 fully saturated rings. The van der Waals surface area contributed by atoms with Crippen molar-refractivity contribution in [2.45, 2.75) is 23.5 Å². The number of nitrogens with one attached hydrogen (secondary N) is 1. The Labute approximate surface area is 107 Å². The number of nitriles is 1. The molecule has 0 saturated carbocycles. The van der Waals surface area contributed by atoms with Crippen molar-refractivity contribution in [1.29, 1.82) is 5.26 Å². The predicted molar refractivity (Wildman–Crippen MR) is 66.7 cm³/mol. The minimum absolute atomic E-state index is 0.305. The zero-order valence-corrected chi connectivity index (χ0v) is 11.7. The number of unbranched alkanes of at least 4 members (excludes halogenated alkanes) is 2. The molecule has 1 aromatic heterocycles. The van der Waals surface area contributed by atoms with E-state index in [9.17, 15) is 8.42 Å². The number of rotatable bonds is 6. The molecule has 1 N–H and O–H groups in total. The van der Waals surface area contributed by atoms with Crippen LogP contribution < -0.4 is 4.72 Å². The second-order valence-electron chi connectivity index (χ2n) is 3.07. The minimum Gasteiger partial charge on any atom is -0.210 e. The van der Waals surface area contributed by atoms with Crippen LogP contribution in [0.5, 0.6) is 0 Å². The van der Waals surface area contributed by atoms with Crippen molar-refractivity contribution in [3.63, 3.8) is 0 Å². The van der Waals surface area contributed by atoms with E-state index in [1.807, 2.05) is 6.07 Å². The number of sulfonamides is 1. The van der Waals surface area contributed by atoms with Gasteiger partial charge in [-0.3, -0.25) is 0 Å². The number of hydrogen-bond donors (Lipinski definition) is 1. The van der Waals surface area contributed by atoms with Crippen LogP contribution in [0.4, 0.5) is 0 Å². The largest absolute Gasteiger partial charge is 0.250 e. The van der Waals surface area contributed by atoms with E-state index < -0.39 is 10.0 Å². The van der Waals surface area contributed by atoms with Crippen LogP contribution in [0.2, 0.25) is 0 Å². The van der Waals surface area contributed by atoms with E-state index in [0.717, 1.165) is 3.79 Å². The van der Waals surface area contributed by atoms with Gasteiger partial charge >= 0.3 is 0 Å². The third kappa shape index (κ3) is 4.22. The minimum atomic E-state index is -3.37. The molecule has 0 aliphatic heterocycles. The van der Waals surface area contributed by atoms with E-state index in [-0.39, 0.29) is 0 Å². The van der Waals surface area contributed by atoms with Crippen LogP contribution in [0.15, 0.2) is 20.1 Å². The number of nitrogens with zero attached hydrogens (tertiary/aromatic N) is 1. The number of halogens is 1. The first-order valence-corrected chi connectivity index (χ1v) is 7.77. The van der Waals surface area contributed by atoms with Gasteiger partial charge in [-0.2, -0.15) is 5.26 Å². The van der Waals surface area contributed by atoms with Crippen molar-refractivity contribution in [3.05, 3.63) is 15.9 Å². The maximum atomic E-state index is 11.7. The van der Waals surface area contributed by atoms with Crippen LogP contribution >= 0.6 is 27.3 Å². The molecule has 0 aliphatic rings. The Morgan fingerprint density at radius 1 is 1.44 bits per heavy atom. The zero-order valence-electron chi connectivity index (χ0n) is 8.44. The summed E-state index contributed by atoms with van der Waals surface area (Å²) in [5, 5.41) is 8.31. The Balaban J connectivity index is 2.45. The summed E-state index contributed by atoms with van der Waals surface area (Å²) in [7, 11) is -3.37. The molecule has 1 aromatic rings. The van der Waals surface area contributed by atoms with Crippen LogP contribution in [-0.2, 0) is 10.0 Å². The molecule has 0 aliphatic carbocycles. The molecule has 4 nitrogen and oxygen atoms in total. The molecule has 0 bridgehead atoms. The summed E-state index contributed by atoms with van der Waals surface area (Å²) >= 11 is 4.39. The third-order valence-electron chi connectivity index (χ3n) is 1.82. The molecule has 88 valence electrons. The second-order valence-corrected chi connectivity index (χ2v) is 7.53. The van der Waals surface area contributed by atoms with E-state index in [1.54, 1.807) is 12.1 Å². The van der Waals surface area contributed by atoms with Crippen molar-refractivity contribution in [1.82, 2.24) is 4.72 Å². The molecule has 1 rings (SSSR count). The van der Waals surface area contributed by atoms with Gasteiger partial charge in [-0.15, -0.1) is 11.3 Å². The van der Waals surface area contributed by atoms with Crippen molar-refractivity contribution in [2.24, 2.45) is 0 Å². The van der Waals surface area contributed by atoms with E-state index in [2.05, 4.69) is 20.7 Å². The van der Waals surface area contributed by atoms with Crippen LogP contribution in [-0.4, -0.2) is 15.0 Å². The topological polar surface area (TPSA) is 70.0 Å². The van der Waals surface area contributed by atoms with E-state index in [4.69, 9.17) is 5.26 Å². The summed E-state index contributed by atoms with van der Waals surface area (Å²) in [4.78, 5) is 0. The first-order chi connectivity index (χ1) is 7.56. The quantitative estimate of drug-likeness (QED) is 0.818. The van der Waals surface area contributed by atoms with Crippen molar-refractivity contribution in [3.8, 4) is 6.07 Å². The zero-order chi connectivity index (χ0) is 12.0. The summed E-state index contributed by atoms with van der Waals surface area (Å²) in [6.07, 6.45) is 1.86. The Hall–Kier alpha value is -0.420. The smallest absolute Gasteiger partial charge is 0.210 e. The SMILES string of the molecule is N#CCCCCNS(=O)(=O)c1ccc(Br)s1. The van der Waals surface area contributed by atoms with Gasteiger partial charge in [0, 0.05) is 13.0 Å². The Morgan fingerprint density at radius 2 is 2.19 bits per heavy atom. The molecule has 0 atom stereocenters. The summed E-state index contributed by atoms with van der Waals surface area (Å²) in [5.41, 5.74) is 0. The van der Waals surface area contributed by atoms with Gasteiger partial charge in [-0.25, -0.2) is 13.1 Å². The molecule has 0 saturated heterocycles. The fourth-order valence-electron chi connectivity index (χ4n) is 1.05. The van der Waals surface area contributed by atoms with Crippen LogP contribution in [0.25, 0.3) is 0 Å². The highest BCUT2D eigenvalue weighted by Crippen LogP contribution is 2.25. The van der Waals surface area contributed by atoms with Gasteiger partial charge < -0.3 is 0 Å². The molecule has 7 heteroatoms. The van der Waals surface area contributed by atoms with Gasteiger partial charge in [0.05, 0.1) is 9.86 Å². The number of hydrogen-bond acceptors (Lipinski definition) is 4. The Morgan fingerprint density at radius 3 is 2.75 bits per heavy atom. The molecule has 0 radical (unpaired) electrons. The first-order valence-electron chi connectivity index (χ1n) is 4.68. The highest BCUT2D eigenvalue weighted by molar-refractivity contribution is 9.11. The lowest BCUT2D eigenvalue weighted by Gasteiger charge is -2.02. The summed E-state index contributed by atoms with van der Waals surface area (Å²) in [6.45, 7) is 0.375. The average molecular weight is 323 g/mol. The Kier molecular flexibility index (Phi) is 5.41. The summed E-state index contributed by atoms with van der Waals surface area (Å²) in [5.74, 6) is 0. The van der Waals surface area contributed by atoms with Gasteiger partial charge in [-0.05, 0) is 40.9 Å². The fourth-order valence-corrected chi connectivity index (χ4v) is 4.18. The fraction of sp³-hybridized carbons (Fsp3) is 0.444. The van der Waals surface area contributed by atoms with Gasteiger partial charge in [-0.1, -0.05) is 0 Å². The lowest BCUT2D eigenvalue weighted by molar-refractivity contribution is 0.579. The lowest BCUT2D eigenvalue weighted by Crippen LogP contribution is -2.23. The molecular formula is C9H11BrN2O2S2. The molecule has 0 aromatic carbocycles. The average Bonchev–Trinajstić information content (AvgIpc) is 2.65. The molecule has 1 heterocycles. The van der Waals surface area contributed by atoms with E-state index in [1.165, 1.54) is 11.3 Å². The van der Waals surface area contributed by atoms with Crippen molar-refractivity contribution >= 4 is 37.3 Å². The van der Waals surface area contributed by atoms with Crippen molar-refractivity contribution < 1.29 is 8.42 Å². The van der Waals surface area contributed by atoms with Crippen LogP contribution in [0.3, 0.4) is 0 Å².